The Morgan fingerprint density at radius 1 is 1.31 bits per heavy atom. The van der Waals surface area contributed by atoms with Crippen LogP contribution in [0.2, 0.25) is 0 Å². The third-order valence-electron chi connectivity index (χ3n) is 1.72. The van der Waals surface area contributed by atoms with Crippen molar-refractivity contribution >= 4 is 16.9 Å². The van der Waals surface area contributed by atoms with Gasteiger partial charge in [0.2, 0.25) is 0 Å². The lowest BCUT2D eigenvalue weighted by Crippen LogP contribution is -2.12. The normalized spacial score (nSPS) is 10.2. The van der Waals surface area contributed by atoms with E-state index in [1.165, 1.54) is 0 Å². The molecule has 4 nitrogen and oxygen atoms in total. The lowest BCUT2D eigenvalue weighted by molar-refractivity contribution is 0.0996. The van der Waals surface area contributed by atoms with Crippen LogP contribution in [-0.4, -0.2) is 15.9 Å². The molecule has 2 rings (SSSR count). The Kier molecular flexibility index (Phi) is 1.66. The zero-order valence-electron chi connectivity index (χ0n) is 6.77. The van der Waals surface area contributed by atoms with E-state index in [1.54, 1.807) is 18.3 Å². The summed E-state index contributed by atoms with van der Waals surface area (Å²) in [6.07, 6.45) is 1.63. The minimum absolute atomic E-state index is 0.242. The van der Waals surface area contributed by atoms with Gasteiger partial charge in [0.05, 0.1) is 0 Å². The first-order valence-electron chi connectivity index (χ1n) is 3.79. The Balaban J connectivity index is 2.69. The minimum Gasteiger partial charge on any atom is -0.364 e. The molecule has 13 heavy (non-hydrogen) atoms. The number of fused-ring (bicyclic) bond motifs is 1. The predicted octanol–water partition coefficient (Wildman–Crippen LogP) is 0.729. The first-order chi connectivity index (χ1) is 6.27. The fourth-order valence-electron chi connectivity index (χ4n) is 1.09. The molecule has 0 aliphatic rings. The van der Waals surface area contributed by atoms with Crippen molar-refractivity contribution in [1.82, 2.24) is 9.97 Å². The molecule has 2 aromatic rings. The van der Waals surface area contributed by atoms with Gasteiger partial charge >= 0.3 is 0 Å². The van der Waals surface area contributed by atoms with Gasteiger partial charge in [-0.2, -0.15) is 0 Å². The Morgan fingerprint density at radius 3 is 2.92 bits per heavy atom. The van der Waals surface area contributed by atoms with E-state index in [4.69, 9.17) is 5.73 Å². The molecule has 0 aliphatic heterocycles. The zero-order chi connectivity index (χ0) is 9.26. The van der Waals surface area contributed by atoms with Gasteiger partial charge in [0, 0.05) is 11.6 Å². The van der Waals surface area contributed by atoms with Gasteiger partial charge < -0.3 is 5.73 Å². The lowest BCUT2D eigenvalue weighted by atomic mass is 10.2. The second-order valence-corrected chi connectivity index (χ2v) is 2.61. The maximum Gasteiger partial charge on any atom is 0.267 e. The van der Waals surface area contributed by atoms with Crippen molar-refractivity contribution in [2.75, 3.05) is 0 Å². The van der Waals surface area contributed by atoms with E-state index in [2.05, 4.69) is 9.97 Å². The largest absolute Gasteiger partial charge is 0.364 e. The van der Waals surface area contributed by atoms with E-state index < -0.39 is 5.91 Å². The van der Waals surface area contributed by atoms with Crippen LogP contribution in [0, 0.1) is 0 Å². The third-order valence-corrected chi connectivity index (χ3v) is 1.72. The van der Waals surface area contributed by atoms with Crippen molar-refractivity contribution in [3.05, 3.63) is 36.2 Å². The van der Waals surface area contributed by atoms with E-state index in [-0.39, 0.29) is 5.69 Å². The molecule has 0 radical (unpaired) electrons. The highest BCUT2D eigenvalue weighted by Crippen LogP contribution is 2.08. The lowest BCUT2D eigenvalue weighted by Gasteiger charge is -1.96. The number of nitrogens with two attached hydrogens (primary N) is 1. The maximum atomic E-state index is 10.8. The van der Waals surface area contributed by atoms with Crippen LogP contribution in [0.5, 0.6) is 0 Å². The smallest absolute Gasteiger partial charge is 0.267 e. The Hall–Kier alpha value is -1.97. The molecular formula is C9H7N3O. The average molecular weight is 173 g/mol. The summed E-state index contributed by atoms with van der Waals surface area (Å²) in [7, 11) is 0. The van der Waals surface area contributed by atoms with Gasteiger partial charge in [-0.25, -0.2) is 9.97 Å². The van der Waals surface area contributed by atoms with Crippen LogP contribution in [0.1, 0.15) is 10.5 Å². The van der Waals surface area contributed by atoms with Gasteiger partial charge in [0.25, 0.3) is 5.91 Å². The van der Waals surface area contributed by atoms with Crippen LogP contribution in [-0.2, 0) is 0 Å². The number of carbonyl (C=O) groups is 1. The quantitative estimate of drug-likeness (QED) is 0.691. The number of aromatic nitrogens is 2. The summed E-state index contributed by atoms with van der Waals surface area (Å²) < 4.78 is 0. The van der Waals surface area contributed by atoms with Crippen molar-refractivity contribution in [1.29, 1.82) is 0 Å². The third kappa shape index (κ3) is 1.33. The molecule has 1 amide bonds. The molecule has 0 spiro atoms. The average Bonchev–Trinajstić information content (AvgIpc) is 2.17. The molecule has 64 valence electrons. The van der Waals surface area contributed by atoms with Gasteiger partial charge in [-0.15, -0.1) is 0 Å². The van der Waals surface area contributed by atoms with Crippen LogP contribution >= 0.6 is 0 Å². The Morgan fingerprint density at radius 2 is 2.15 bits per heavy atom. The summed E-state index contributed by atoms with van der Waals surface area (Å²) in [4.78, 5) is 18.8. The van der Waals surface area contributed by atoms with Gasteiger partial charge in [0.15, 0.2) is 5.65 Å². The van der Waals surface area contributed by atoms with Gasteiger partial charge in [-0.1, -0.05) is 0 Å². The van der Waals surface area contributed by atoms with Crippen molar-refractivity contribution in [3.63, 3.8) is 0 Å². The molecule has 0 saturated heterocycles. The molecule has 0 atom stereocenters. The number of hydrogen-bond acceptors (Lipinski definition) is 3. The number of amides is 1. The highest BCUT2D eigenvalue weighted by atomic mass is 16.1. The summed E-state index contributed by atoms with van der Waals surface area (Å²) in [5.41, 5.74) is 5.86. The van der Waals surface area contributed by atoms with E-state index in [9.17, 15) is 4.79 Å². The summed E-state index contributed by atoms with van der Waals surface area (Å²) in [5.74, 6) is -0.535. The Labute approximate surface area is 74.4 Å². The highest BCUT2D eigenvalue weighted by molar-refractivity contribution is 5.92. The molecule has 2 heterocycles. The summed E-state index contributed by atoms with van der Waals surface area (Å²) in [6.45, 7) is 0. The fraction of sp³-hybridized carbons (Fsp3) is 0. The van der Waals surface area contributed by atoms with Crippen LogP contribution in [0.15, 0.2) is 30.5 Å². The summed E-state index contributed by atoms with van der Waals surface area (Å²) in [6, 6.07) is 7.05. The second kappa shape index (κ2) is 2.82. The second-order valence-electron chi connectivity index (χ2n) is 2.61. The van der Waals surface area contributed by atoms with Gasteiger partial charge in [-0.3, -0.25) is 4.79 Å². The van der Waals surface area contributed by atoms with E-state index in [0.717, 1.165) is 5.39 Å². The molecule has 0 bridgehead atoms. The van der Waals surface area contributed by atoms with Crippen molar-refractivity contribution < 1.29 is 4.79 Å². The predicted molar refractivity (Wildman–Crippen MR) is 48.1 cm³/mol. The van der Waals surface area contributed by atoms with Crippen LogP contribution in [0.3, 0.4) is 0 Å². The fourth-order valence-corrected chi connectivity index (χ4v) is 1.09. The topological polar surface area (TPSA) is 68.9 Å². The Bertz CT molecular complexity index is 467. The summed E-state index contributed by atoms with van der Waals surface area (Å²) in [5, 5.41) is 0.896. The van der Waals surface area contributed by atoms with E-state index in [0.29, 0.717) is 5.65 Å². The molecule has 0 saturated carbocycles. The zero-order valence-corrected chi connectivity index (χ0v) is 6.77. The number of nitrogens with zero attached hydrogens (tertiary/aromatic N) is 2. The molecular weight excluding hydrogens is 166 g/mol. The monoisotopic (exact) mass is 173 g/mol. The van der Waals surface area contributed by atoms with Crippen LogP contribution < -0.4 is 5.73 Å². The van der Waals surface area contributed by atoms with Crippen molar-refractivity contribution in [2.24, 2.45) is 5.73 Å². The highest BCUT2D eigenvalue weighted by Gasteiger charge is 2.02. The summed E-state index contributed by atoms with van der Waals surface area (Å²) >= 11 is 0. The number of primary amides is 1. The number of pyridine rings is 2. The number of carbonyl (C=O) groups excluding carboxylic acids is 1. The molecule has 4 heteroatoms. The molecule has 0 unspecified atom stereocenters. The molecule has 0 fully saturated rings. The number of rotatable bonds is 1. The molecule has 0 aliphatic carbocycles. The van der Waals surface area contributed by atoms with Crippen molar-refractivity contribution in [3.8, 4) is 0 Å². The maximum absolute atomic E-state index is 10.8. The van der Waals surface area contributed by atoms with Crippen LogP contribution in [0.4, 0.5) is 0 Å². The SMILES string of the molecule is NC(=O)c1ccc2cccnc2n1. The van der Waals surface area contributed by atoms with E-state index in [1.807, 2.05) is 12.1 Å². The van der Waals surface area contributed by atoms with Crippen LogP contribution in [0.25, 0.3) is 11.0 Å². The number of hydrogen-bond donors (Lipinski definition) is 1. The molecule has 2 aromatic heterocycles. The van der Waals surface area contributed by atoms with E-state index >= 15 is 0 Å². The first kappa shape index (κ1) is 7.67. The van der Waals surface area contributed by atoms with Gasteiger partial charge in [0.1, 0.15) is 5.69 Å². The first-order valence-corrected chi connectivity index (χ1v) is 3.79. The standard InChI is InChI=1S/C9H7N3O/c10-8(13)7-4-3-6-2-1-5-11-9(6)12-7/h1-5H,(H2,10,13). The van der Waals surface area contributed by atoms with Gasteiger partial charge in [-0.05, 0) is 24.3 Å². The minimum atomic E-state index is -0.535. The van der Waals surface area contributed by atoms with Crippen molar-refractivity contribution in [2.45, 2.75) is 0 Å². The molecule has 2 N–H and O–H groups in total. The molecule has 0 aromatic carbocycles.